The van der Waals surface area contributed by atoms with Crippen LogP contribution in [0.2, 0.25) is 0 Å². The molecule has 3 heterocycles. The molecule has 0 radical (unpaired) electrons. The van der Waals surface area contributed by atoms with Crippen LogP contribution in [0.25, 0.3) is 10.6 Å². The summed E-state index contributed by atoms with van der Waals surface area (Å²) in [5, 5.41) is 7.56. The lowest BCUT2D eigenvalue weighted by molar-refractivity contribution is -0.0215. The molecule has 0 spiro atoms. The Hall–Kier alpha value is -0.750. The third-order valence-electron chi connectivity index (χ3n) is 3.03. The highest BCUT2D eigenvalue weighted by molar-refractivity contribution is 7.14. The minimum atomic E-state index is 0.341. The van der Waals surface area contributed by atoms with E-state index in [1.807, 2.05) is 0 Å². The smallest absolute Gasteiger partial charge is 0.124 e. The first kappa shape index (κ1) is 12.3. The largest absolute Gasteiger partial charge is 0.376 e. The van der Waals surface area contributed by atoms with Crippen LogP contribution in [0, 0.1) is 0 Å². The summed E-state index contributed by atoms with van der Waals surface area (Å²) in [4.78, 5) is 7.13. The Morgan fingerprint density at radius 3 is 3.22 bits per heavy atom. The van der Waals surface area contributed by atoms with E-state index < -0.39 is 0 Å². The number of thiazole rings is 1. The summed E-state index contributed by atoms with van der Waals surface area (Å²) >= 11 is 3.45. The summed E-state index contributed by atoms with van der Waals surface area (Å²) in [6.07, 6.45) is 0.341. The molecule has 1 saturated heterocycles. The SMILES string of the molecule is CC1CN(Cc2csc(-c3ccsc3)n2)CCO1. The lowest BCUT2D eigenvalue weighted by atomic mass is 10.3. The van der Waals surface area contributed by atoms with Crippen LogP contribution in [0.4, 0.5) is 0 Å². The molecule has 0 bridgehead atoms. The van der Waals surface area contributed by atoms with Gasteiger partial charge in [0.2, 0.25) is 0 Å². The molecule has 18 heavy (non-hydrogen) atoms. The Morgan fingerprint density at radius 1 is 1.50 bits per heavy atom. The summed E-state index contributed by atoms with van der Waals surface area (Å²) in [5.74, 6) is 0. The van der Waals surface area contributed by atoms with Gasteiger partial charge in [-0.3, -0.25) is 4.90 Å². The number of ether oxygens (including phenoxy) is 1. The molecule has 2 aromatic rings. The van der Waals surface area contributed by atoms with Gasteiger partial charge in [0.15, 0.2) is 0 Å². The van der Waals surface area contributed by atoms with Crippen molar-refractivity contribution < 1.29 is 4.74 Å². The monoisotopic (exact) mass is 280 g/mol. The number of morpholine rings is 1. The van der Waals surface area contributed by atoms with Gasteiger partial charge in [-0.25, -0.2) is 4.98 Å². The number of thiophene rings is 1. The number of aromatic nitrogens is 1. The Morgan fingerprint density at radius 2 is 2.44 bits per heavy atom. The highest BCUT2D eigenvalue weighted by Crippen LogP contribution is 2.26. The first-order chi connectivity index (χ1) is 8.81. The highest BCUT2D eigenvalue weighted by Gasteiger charge is 2.17. The van der Waals surface area contributed by atoms with E-state index in [1.165, 1.54) is 11.3 Å². The lowest BCUT2D eigenvalue weighted by Crippen LogP contribution is -2.40. The van der Waals surface area contributed by atoms with Gasteiger partial charge in [0.25, 0.3) is 0 Å². The van der Waals surface area contributed by atoms with Crippen LogP contribution in [0.1, 0.15) is 12.6 Å². The Bertz CT molecular complexity index is 495. The van der Waals surface area contributed by atoms with E-state index in [4.69, 9.17) is 9.72 Å². The molecule has 5 heteroatoms. The third kappa shape index (κ3) is 2.80. The van der Waals surface area contributed by atoms with Crippen LogP contribution in [0.3, 0.4) is 0 Å². The van der Waals surface area contributed by atoms with Crippen molar-refractivity contribution in [1.29, 1.82) is 0 Å². The molecule has 1 unspecified atom stereocenters. The molecule has 0 saturated carbocycles. The van der Waals surface area contributed by atoms with Crippen molar-refractivity contribution in [2.24, 2.45) is 0 Å². The maximum atomic E-state index is 5.55. The standard InChI is InChI=1S/C13H16N2OS2/c1-10-6-15(3-4-16-10)7-12-9-18-13(14-12)11-2-5-17-8-11/h2,5,8-10H,3-4,6-7H2,1H3. The predicted octanol–water partition coefficient (Wildman–Crippen LogP) is 3.09. The van der Waals surface area contributed by atoms with Gasteiger partial charge in [-0.05, 0) is 18.4 Å². The van der Waals surface area contributed by atoms with Crippen molar-refractivity contribution >= 4 is 22.7 Å². The van der Waals surface area contributed by atoms with Crippen molar-refractivity contribution in [2.75, 3.05) is 19.7 Å². The molecule has 0 aromatic carbocycles. The van der Waals surface area contributed by atoms with Gasteiger partial charge in [0, 0.05) is 36.0 Å². The Kier molecular flexibility index (Phi) is 3.75. The van der Waals surface area contributed by atoms with Gasteiger partial charge in [0.05, 0.1) is 18.4 Å². The maximum Gasteiger partial charge on any atom is 0.124 e. The van der Waals surface area contributed by atoms with Crippen LogP contribution in [0.15, 0.2) is 22.2 Å². The van der Waals surface area contributed by atoms with E-state index in [1.54, 1.807) is 22.7 Å². The molecule has 0 aliphatic carbocycles. The number of rotatable bonds is 3. The van der Waals surface area contributed by atoms with Crippen LogP contribution >= 0.6 is 22.7 Å². The molecule has 1 fully saturated rings. The maximum absolute atomic E-state index is 5.55. The fourth-order valence-electron chi connectivity index (χ4n) is 2.16. The van der Waals surface area contributed by atoms with Crippen LogP contribution in [-0.4, -0.2) is 35.7 Å². The number of hydrogen-bond donors (Lipinski definition) is 0. The molecule has 0 N–H and O–H groups in total. The summed E-state index contributed by atoms with van der Waals surface area (Å²) in [7, 11) is 0. The lowest BCUT2D eigenvalue weighted by Gasteiger charge is -2.30. The van der Waals surface area contributed by atoms with E-state index in [9.17, 15) is 0 Å². The van der Waals surface area contributed by atoms with E-state index in [2.05, 4.69) is 34.0 Å². The Labute approximate surface area is 115 Å². The molecule has 3 nitrogen and oxygen atoms in total. The van der Waals surface area contributed by atoms with Crippen LogP contribution < -0.4 is 0 Å². The van der Waals surface area contributed by atoms with Gasteiger partial charge in [0.1, 0.15) is 5.01 Å². The summed E-state index contributed by atoms with van der Waals surface area (Å²) in [6, 6.07) is 2.13. The highest BCUT2D eigenvalue weighted by atomic mass is 32.1. The Balaban J connectivity index is 1.66. The molecule has 1 atom stereocenters. The van der Waals surface area contributed by atoms with E-state index in [0.717, 1.165) is 31.2 Å². The van der Waals surface area contributed by atoms with Crippen molar-refractivity contribution in [1.82, 2.24) is 9.88 Å². The molecule has 3 rings (SSSR count). The number of nitrogens with zero attached hydrogens (tertiary/aromatic N) is 2. The second-order valence-corrected chi connectivity index (χ2v) is 6.21. The van der Waals surface area contributed by atoms with Gasteiger partial charge < -0.3 is 4.74 Å². The van der Waals surface area contributed by atoms with E-state index >= 15 is 0 Å². The fraction of sp³-hybridized carbons (Fsp3) is 0.462. The summed E-state index contributed by atoms with van der Waals surface area (Å²) < 4.78 is 5.55. The van der Waals surface area contributed by atoms with Gasteiger partial charge in [-0.15, -0.1) is 11.3 Å². The normalized spacial score (nSPS) is 21.3. The van der Waals surface area contributed by atoms with E-state index in [0.29, 0.717) is 6.10 Å². The first-order valence-corrected chi connectivity index (χ1v) is 7.94. The average molecular weight is 280 g/mol. The van der Waals surface area contributed by atoms with Gasteiger partial charge in [-0.1, -0.05) is 0 Å². The summed E-state index contributed by atoms with van der Waals surface area (Å²) in [6.45, 7) is 5.92. The molecule has 0 amide bonds. The molecule has 1 aliphatic heterocycles. The third-order valence-corrected chi connectivity index (χ3v) is 4.65. The molecular formula is C13H16N2OS2. The molecule has 1 aliphatic rings. The predicted molar refractivity (Wildman–Crippen MR) is 76.1 cm³/mol. The minimum absolute atomic E-state index is 0.341. The second kappa shape index (κ2) is 5.48. The zero-order valence-corrected chi connectivity index (χ0v) is 12.0. The molecular weight excluding hydrogens is 264 g/mol. The van der Waals surface area contributed by atoms with Crippen LogP contribution in [0.5, 0.6) is 0 Å². The minimum Gasteiger partial charge on any atom is -0.376 e. The second-order valence-electron chi connectivity index (χ2n) is 4.57. The summed E-state index contributed by atoms with van der Waals surface area (Å²) in [5.41, 5.74) is 2.42. The first-order valence-electron chi connectivity index (χ1n) is 6.12. The fourth-order valence-corrected chi connectivity index (χ4v) is 3.68. The van der Waals surface area contributed by atoms with Crippen LogP contribution in [-0.2, 0) is 11.3 Å². The zero-order chi connectivity index (χ0) is 12.4. The van der Waals surface area contributed by atoms with Crippen molar-refractivity contribution in [3.8, 4) is 10.6 Å². The van der Waals surface area contributed by atoms with E-state index in [-0.39, 0.29) is 0 Å². The number of hydrogen-bond acceptors (Lipinski definition) is 5. The molecule has 2 aromatic heterocycles. The van der Waals surface area contributed by atoms with Crippen molar-refractivity contribution in [2.45, 2.75) is 19.6 Å². The zero-order valence-electron chi connectivity index (χ0n) is 10.3. The van der Waals surface area contributed by atoms with Gasteiger partial charge >= 0.3 is 0 Å². The van der Waals surface area contributed by atoms with Crippen molar-refractivity contribution in [3.63, 3.8) is 0 Å². The van der Waals surface area contributed by atoms with Crippen molar-refractivity contribution in [3.05, 3.63) is 27.9 Å². The quantitative estimate of drug-likeness (QED) is 0.864. The molecule has 96 valence electrons. The average Bonchev–Trinajstić information content (AvgIpc) is 2.98. The topological polar surface area (TPSA) is 25.4 Å². The van der Waals surface area contributed by atoms with Gasteiger partial charge in [-0.2, -0.15) is 11.3 Å².